The first-order valence-electron chi connectivity index (χ1n) is 8.84. The van der Waals surface area contributed by atoms with Crippen LogP contribution in [0.1, 0.15) is 18.2 Å². The van der Waals surface area contributed by atoms with Gasteiger partial charge >= 0.3 is 0 Å². The van der Waals surface area contributed by atoms with E-state index < -0.39 is 0 Å². The Kier molecular flexibility index (Phi) is 5.79. The maximum absolute atomic E-state index is 12.5. The van der Waals surface area contributed by atoms with Crippen LogP contribution in [0.5, 0.6) is 0 Å². The Hall–Kier alpha value is -2.95. The largest absolute Gasteiger partial charge is 0.339 e. The van der Waals surface area contributed by atoms with E-state index in [0.717, 1.165) is 16.8 Å². The summed E-state index contributed by atoms with van der Waals surface area (Å²) in [7, 11) is 0. The number of hydrogen-bond acceptors (Lipinski definition) is 3. The van der Waals surface area contributed by atoms with E-state index in [2.05, 4.69) is 4.98 Å². The van der Waals surface area contributed by atoms with Gasteiger partial charge in [-0.1, -0.05) is 36.4 Å². The zero-order chi connectivity index (χ0) is 18.4. The van der Waals surface area contributed by atoms with E-state index in [1.165, 1.54) is 0 Å². The maximum atomic E-state index is 12.5. The molecule has 5 heteroatoms. The molecule has 1 aromatic carbocycles. The van der Waals surface area contributed by atoms with Gasteiger partial charge < -0.3 is 9.80 Å². The number of carbonyl (C=O) groups is 2. The quantitative estimate of drug-likeness (QED) is 0.797. The molecule has 1 saturated heterocycles. The van der Waals surface area contributed by atoms with Crippen molar-refractivity contribution in [1.29, 1.82) is 0 Å². The lowest BCUT2D eigenvalue weighted by Crippen LogP contribution is -2.50. The van der Waals surface area contributed by atoms with Gasteiger partial charge in [-0.15, -0.1) is 0 Å². The number of hydrogen-bond donors (Lipinski definition) is 0. The summed E-state index contributed by atoms with van der Waals surface area (Å²) in [5.41, 5.74) is 2.77. The molecule has 5 nitrogen and oxygen atoms in total. The lowest BCUT2D eigenvalue weighted by Gasteiger charge is -2.34. The molecule has 2 amide bonds. The monoisotopic (exact) mass is 349 g/mol. The standard InChI is InChI=1S/C21H23N3O2/c1-17(18-7-3-2-4-8-18)15-20(25)23-11-13-24(14-12-23)21(26)16-19-9-5-6-10-22-19/h2-10,15H,11-14,16H2,1H3/b17-15+. The van der Waals surface area contributed by atoms with Gasteiger partial charge in [0.15, 0.2) is 0 Å². The molecule has 1 aliphatic rings. The van der Waals surface area contributed by atoms with Crippen molar-refractivity contribution in [2.24, 2.45) is 0 Å². The molecular weight excluding hydrogens is 326 g/mol. The number of pyridine rings is 1. The van der Waals surface area contributed by atoms with Crippen molar-refractivity contribution >= 4 is 17.4 Å². The number of piperazine rings is 1. The van der Waals surface area contributed by atoms with Crippen molar-refractivity contribution in [3.8, 4) is 0 Å². The predicted molar refractivity (Wildman–Crippen MR) is 101 cm³/mol. The third kappa shape index (κ3) is 4.57. The van der Waals surface area contributed by atoms with Crippen LogP contribution in [-0.4, -0.2) is 52.8 Å². The van der Waals surface area contributed by atoms with E-state index in [0.29, 0.717) is 32.6 Å². The van der Waals surface area contributed by atoms with Crippen LogP contribution in [0.4, 0.5) is 0 Å². The highest BCUT2D eigenvalue weighted by Crippen LogP contribution is 2.14. The van der Waals surface area contributed by atoms with E-state index >= 15 is 0 Å². The van der Waals surface area contributed by atoms with Crippen molar-refractivity contribution in [2.45, 2.75) is 13.3 Å². The van der Waals surface area contributed by atoms with Crippen LogP contribution in [0.2, 0.25) is 0 Å². The normalized spacial score (nSPS) is 15.0. The topological polar surface area (TPSA) is 53.5 Å². The number of rotatable bonds is 4. The van der Waals surface area contributed by atoms with Crippen molar-refractivity contribution in [3.63, 3.8) is 0 Å². The highest BCUT2D eigenvalue weighted by atomic mass is 16.2. The average molecular weight is 349 g/mol. The van der Waals surface area contributed by atoms with Gasteiger partial charge in [0, 0.05) is 44.1 Å². The Morgan fingerprint density at radius 1 is 0.962 bits per heavy atom. The van der Waals surface area contributed by atoms with E-state index in [-0.39, 0.29) is 11.8 Å². The molecule has 3 rings (SSSR count). The molecular formula is C21H23N3O2. The second-order valence-electron chi connectivity index (χ2n) is 6.40. The summed E-state index contributed by atoms with van der Waals surface area (Å²) < 4.78 is 0. The Bertz CT molecular complexity index is 779. The Balaban J connectivity index is 1.53. The van der Waals surface area contributed by atoms with Gasteiger partial charge in [0.25, 0.3) is 0 Å². The molecule has 1 aromatic heterocycles. The van der Waals surface area contributed by atoms with Gasteiger partial charge in [-0.05, 0) is 30.2 Å². The summed E-state index contributed by atoms with van der Waals surface area (Å²) in [5.74, 6) is 0.0648. The minimum absolute atomic E-state index is 0.00294. The molecule has 0 bridgehead atoms. The van der Waals surface area contributed by atoms with Crippen LogP contribution in [0.15, 0.2) is 60.8 Å². The third-order valence-electron chi connectivity index (χ3n) is 4.57. The first-order chi connectivity index (χ1) is 12.6. The van der Waals surface area contributed by atoms with Gasteiger partial charge in [-0.25, -0.2) is 0 Å². The minimum atomic E-state index is 0.00294. The first kappa shape index (κ1) is 17.9. The fourth-order valence-electron chi connectivity index (χ4n) is 3.01. The number of allylic oxidation sites excluding steroid dienone is 1. The Morgan fingerprint density at radius 3 is 2.27 bits per heavy atom. The van der Waals surface area contributed by atoms with Crippen LogP contribution < -0.4 is 0 Å². The number of carbonyl (C=O) groups excluding carboxylic acids is 2. The first-order valence-corrected chi connectivity index (χ1v) is 8.84. The van der Waals surface area contributed by atoms with Gasteiger partial charge in [0.05, 0.1) is 6.42 Å². The predicted octanol–water partition coefficient (Wildman–Crippen LogP) is 2.40. The number of benzene rings is 1. The van der Waals surface area contributed by atoms with Crippen LogP contribution in [0.25, 0.3) is 5.57 Å². The smallest absolute Gasteiger partial charge is 0.246 e. The molecule has 0 spiro atoms. The molecule has 1 aliphatic heterocycles. The molecule has 1 fully saturated rings. The summed E-state index contributed by atoms with van der Waals surface area (Å²) >= 11 is 0. The molecule has 0 N–H and O–H groups in total. The maximum Gasteiger partial charge on any atom is 0.246 e. The van der Waals surface area contributed by atoms with Crippen LogP contribution in [0, 0.1) is 0 Å². The van der Waals surface area contributed by atoms with Crippen molar-refractivity contribution < 1.29 is 9.59 Å². The minimum Gasteiger partial charge on any atom is -0.339 e. The number of amides is 2. The fourth-order valence-corrected chi connectivity index (χ4v) is 3.01. The van der Waals surface area contributed by atoms with Crippen LogP contribution in [-0.2, 0) is 16.0 Å². The second-order valence-corrected chi connectivity index (χ2v) is 6.40. The lowest BCUT2D eigenvalue weighted by molar-refractivity contribution is -0.136. The molecule has 134 valence electrons. The summed E-state index contributed by atoms with van der Waals surface area (Å²) in [4.78, 5) is 32.7. The van der Waals surface area contributed by atoms with Crippen molar-refractivity contribution in [2.75, 3.05) is 26.2 Å². The van der Waals surface area contributed by atoms with E-state index in [1.54, 1.807) is 17.2 Å². The van der Waals surface area contributed by atoms with Gasteiger partial charge in [-0.3, -0.25) is 14.6 Å². The SMILES string of the molecule is C/C(=C\C(=O)N1CCN(C(=O)Cc2ccccn2)CC1)c1ccccc1. The summed E-state index contributed by atoms with van der Waals surface area (Å²) in [6.45, 7) is 4.20. The Labute approximate surface area is 154 Å². The summed E-state index contributed by atoms with van der Waals surface area (Å²) in [6.07, 6.45) is 3.68. The average Bonchev–Trinajstić information content (AvgIpc) is 2.69. The molecule has 2 heterocycles. The molecule has 0 aliphatic carbocycles. The molecule has 0 unspecified atom stereocenters. The van der Waals surface area contributed by atoms with Crippen molar-refractivity contribution in [3.05, 3.63) is 72.1 Å². The van der Waals surface area contributed by atoms with Gasteiger partial charge in [0.1, 0.15) is 0 Å². The summed E-state index contributed by atoms with van der Waals surface area (Å²) in [6, 6.07) is 15.4. The second kappa shape index (κ2) is 8.43. The van der Waals surface area contributed by atoms with Crippen molar-refractivity contribution in [1.82, 2.24) is 14.8 Å². The van der Waals surface area contributed by atoms with Gasteiger partial charge in [-0.2, -0.15) is 0 Å². The zero-order valence-electron chi connectivity index (χ0n) is 15.0. The fraction of sp³-hybridized carbons (Fsp3) is 0.286. The molecule has 0 atom stereocenters. The molecule has 0 saturated carbocycles. The number of aromatic nitrogens is 1. The summed E-state index contributed by atoms with van der Waals surface area (Å²) in [5, 5.41) is 0. The molecule has 26 heavy (non-hydrogen) atoms. The molecule has 0 radical (unpaired) electrons. The van der Waals surface area contributed by atoms with E-state index in [1.807, 2.05) is 60.4 Å². The highest BCUT2D eigenvalue weighted by Gasteiger charge is 2.23. The Morgan fingerprint density at radius 2 is 1.62 bits per heavy atom. The van der Waals surface area contributed by atoms with Crippen LogP contribution >= 0.6 is 0 Å². The lowest BCUT2D eigenvalue weighted by atomic mass is 10.1. The van der Waals surface area contributed by atoms with E-state index in [4.69, 9.17) is 0 Å². The number of nitrogens with zero attached hydrogens (tertiary/aromatic N) is 3. The van der Waals surface area contributed by atoms with Crippen LogP contribution in [0.3, 0.4) is 0 Å². The zero-order valence-corrected chi connectivity index (χ0v) is 15.0. The molecule has 2 aromatic rings. The highest BCUT2D eigenvalue weighted by molar-refractivity contribution is 5.95. The van der Waals surface area contributed by atoms with E-state index in [9.17, 15) is 9.59 Å². The third-order valence-corrected chi connectivity index (χ3v) is 4.57. The van der Waals surface area contributed by atoms with Gasteiger partial charge in [0.2, 0.25) is 11.8 Å².